The Morgan fingerprint density at radius 2 is 1.83 bits per heavy atom. The first-order valence-electron chi connectivity index (χ1n) is 9.13. The largest absolute Gasteiger partial charge is 0.454 e. The molecule has 2 atom stereocenters. The smallest absolute Gasteiger partial charge is 0.329 e. The molecule has 1 heterocycles. The molecule has 1 aromatic carbocycles. The van der Waals surface area contributed by atoms with Gasteiger partial charge in [-0.3, -0.25) is 14.4 Å². The maximum atomic E-state index is 12.5. The molecule has 160 valence electrons. The summed E-state index contributed by atoms with van der Waals surface area (Å²) >= 11 is 6.95. The van der Waals surface area contributed by atoms with Crippen LogP contribution >= 0.6 is 22.9 Å². The molecular weight excluding hydrogens is 430 g/mol. The predicted molar refractivity (Wildman–Crippen MR) is 115 cm³/mol. The number of benzene rings is 1. The lowest BCUT2D eigenvalue weighted by molar-refractivity contribution is -0.150. The first-order chi connectivity index (χ1) is 14.2. The van der Waals surface area contributed by atoms with Gasteiger partial charge in [-0.25, -0.2) is 4.79 Å². The van der Waals surface area contributed by atoms with Crippen molar-refractivity contribution in [3.05, 3.63) is 51.9 Å². The number of halogens is 1. The second-order valence-corrected chi connectivity index (χ2v) is 7.88. The highest BCUT2D eigenvalue weighted by molar-refractivity contribution is 7.14. The monoisotopic (exact) mass is 451 g/mol. The number of primary amides is 1. The molecule has 2 aromatic rings. The molecule has 8 nitrogen and oxygen atoms in total. The third kappa shape index (κ3) is 6.30. The summed E-state index contributed by atoms with van der Waals surface area (Å²) in [5, 5.41) is 7.50. The Bertz CT molecular complexity index is 929. The number of nitrogens with one attached hydrogen (secondary N) is 2. The van der Waals surface area contributed by atoms with E-state index in [1.807, 2.05) is 6.92 Å². The number of amides is 3. The second kappa shape index (κ2) is 10.7. The summed E-state index contributed by atoms with van der Waals surface area (Å²) in [7, 11) is 0. The fraction of sp³-hybridized carbons (Fsp3) is 0.300. The molecule has 1 aromatic heterocycles. The van der Waals surface area contributed by atoms with Gasteiger partial charge in [-0.1, -0.05) is 31.9 Å². The second-order valence-electron chi connectivity index (χ2n) is 6.53. The minimum atomic E-state index is -0.936. The molecule has 0 saturated carbocycles. The van der Waals surface area contributed by atoms with E-state index in [1.54, 1.807) is 36.6 Å². The maximum Gasteiger partial charge on any atom is 0.329 e. The number of esters is 1. The molecule has 0 aliphatic rings. The van der Waals surface area contributed by atoms with Gasteiger partial charge in [0.2, 0.25) is 0 Å². The summed E-state index contributed by atoms with van der Waals surface area (Å²) in [4.78, 5) is 48.4. The lowest BCUT2D eigenvalue weighted by Gasteiger charge is -2.22. The van der Waals surface area contributed by atoms with Gasteiger partial charge in [0.05, 0.1) is 5.56 Å². The molecule has 2 rings (SSSR count). The molecule has 0 spiro atoms. The SMILES string of the molecule is CC[C@H](C)[C@H](NC(=O)c1ccc(Cl)cc1)C(=O)OCC(=O)Nc1sccc1C(N)=O. The molecule has 0 unspecified atom stereocenters. The summed E-state index contributed by atoms with van der Waals surface area (Å²) in [5.74, 6) is -2.72. The Kier molecular flexibility index (Phi) is 8.37. The number of ether oxygens (including phenoxy) is 1. The number of rotatable bonds is 9. The van der Waals surface area contributed by atoms with Crippen LogP contribution in [0.15, 0.2) is 35.7 Å². The van der Waals surface area contributed by atoms with Crippen molar-refractivity contribution in [1.82, 2.24) is 5.32 Å². The molecule has 0 fully saturated rings. The van der Waals surface area contributed by atoms with Gasteiger partial charge in [-0.15, -0.1) is 11.3 Å². The van der Waals surface area contributed by atoms with E-state index in [-0.39, 0.29) is 16.5 Å². The topological polar surface area (TPSA) is 128 Å². The van der Waals surface area contributed by atoms with Gasteiger partial charge in [0.25, 0.3) is 17.7 Å². The Morgan fingerprint density at radius 1 is 1.17 bits per heavy atom. The molecule has 0 bridgehead atoms. The summed E-state index contributed by atoms with van der Waals surface area (Å²) in [6.07, 6.45) is 0.601. The zero-order chi connectivity index (χ0) is 22.3. The molecule has 0 radical (unpaired) electrons. The van der Waals surface area contributed by atoms with Crippen molar-refractivity contribution < 1.29 is 23.9 Å². The van der Waals surface area contributed by atoms with Crippen LogP contribution in [0, 0.1) is 5.92 Å². The van der Waals surface area contributed by atoms with Crippen LogP contribution in [0.2, 0.25) is 5.02 Å². The highest BCUT2D eigenvalue weighted by Crippen LogP contribution is 2.22. The first kappa shape index (κ1) is 23.4. The summed E-state index contributed by atoms with van der Waals surface area (Å²) < 4.78 is 5.10. The molecule has 10 heteroatoms. The molecule has 30 heavy (non-hydrogen) atoms. The zero-order valence-corrected chi connectivity index (χ0v) is 18.0. The Balaban J connectivity index is 1.98. The van der Waals surface area contributed by atoms with Gasteiger partial charge in [-0.2, -0.15) is 0 Å². The van der Waals surface area contributed by atoms with Gasteiger partial charge in [0.15, 0.2) is 6.61 Å². The number of nitrogens with two attached hydrogens (primary N) is 1. The molecule has 3 amide bonds. The molecule has 0 aliphatic heterocycles. The lowest BCUT2D eigenvalue weighted by atomic mass is 9.99. The van der Waals surface area contributed by atoms with E-state index in [0.29, 0.717) is 17.0 Å². The van der Waals surface area contributed by atoms with E-state index >= 15 is 0 Å². The van der Waals surface area contributed by atoms with Gasteiger partial charge >= 0.3 is 5.97 Å². The highest BCUT2D eigenvalue weighted by Gasteiger charge is 2.28. The Morgan fingerprint density at radius 3 is 2.43 bits per heavy atom. The fourth-order valence-corrected chi connectivity index (χ4v) is 3.42. The van der Waals surface area contributed by atoms with Crippen LogP contribution in [0.3, 0.4) is 0 Å². The zero-order valence-electron chi connectivity index (χ0n) is 16.4. The van der Waals surface area contributed by atoms with E-state index in [1.165, 1.54) is 6.07 Å². The van der Waals surface area contributed by atoms with Crippen LogP contribution < -0.4 is 16.4 Å². The fourth-order valence-electron chi connectivity index (χ4n) is 2.48. The Labute approximate surface area is 182 Å². The molecule has 0 saturated heterocycles. The summed E-state index contributed by atoms with van der Waals surface area (Å²) in [6.45, 7) is 3.09. The third-order valence-corrected chi connectivity index (χ3v) is 5.47. The average molecular weight is 452 g/mol. The number of anilines is 1. The number of hydrogen-bond acceptors (Lipinski definition) is 6. The number of thiophene rings is 1. The van der Waals surface area contributed by atoms with Crippen LogP contribution in [0.5, 0.6) is 0 Å². The standard InChI is InChI=1S/C20H22ClN3O5S/c1-3-11(2)16(24-18(27)12-4-6-13(21)7-5-12)20(28)29-10-15(25)23-19-14(17(22)26)8-9-30-19/h4-9,11,16H,3,10H2,1-2H3,(H2,22,26)(H,23,25)(H,24,27)/t11-,16-/m0/s1. The van der Waals surface area contributed by atoms with Crippen molar-refractivity contribution >= 4 is 51.6 Å². The summed E-state index contributed by atoms with van der Waals surface area (Å²) in [6, 6.07) is 6.78. The summed E-state index contributed by atoms with van der Waals surface area (Å²) in [5.41, 5.74) is 5.75. The van der Waals surface area contributed by atoms with Crippen LogP contribution in [-0.2, 0) is 14.3 Å². The molecule has 4 N–H and O–H groups in total. The van der Waals surface area contributed by atoms with Crippen molar-refractivity contribution in [2.24, 2.45) is 11.7 Å². The average Bonchev–Trinajstić information content (AvgIpc) is 3.18. The number of hydrogen-bond donors (Lipinski definition) is 3. The van der Waals surface area contributed by atoms with Crippen molar-refractivity contribution in [1.29, 1.82) is 0 Å². The third-order valence-electron chi connectivity index (χ3n) is 4.39. The first-order valence-corrected chi connectivity index (χ1v) is 10.4. The van der Waals surface area contributed by atoms with E-state index in [9.17, 15) is 19.2 Å². The predicted octanol–water partition coefficient (Wildman–Crippen LogP) is 2.83. The van der Waals surface area contributed by atoms with Crippen molar-refractivity contribution in [2.75, 3.05) is 11.9 Å². The van der Waals surface area contributed by atoms with Gasteiger partial charge in [-0.05, 0) is 41.6 Å². The normalized spacial score (nSPS) is 12.5. The van der Waals surface area contributed by atoms with E-state index < -0.39 is 36.3 Å². The van der Waals surface area contributed by atoms with Crippen molar-refractivity contribution in [3.63, 3.8) is 0 Å². The lowest BCUT2D eigenvalue weighted by Crippen LogP contribution is -2.46. The van der Waals surface area contributed by atoms with E-state index in [0.717, 1.165) is 11.3 Å². The van der Waals surface area contributed by atoms with Crippen LogP contribution in [0.4, 0.5) is 5.00 Å². The molecular formula is C20H22ClN3O5S. The highest BCUT2D eigenvalue weighted by atomic mass is 35.5. The number of carbonyl (C=O) groups is 4. The van der Waals surface area contributed by atoms with Crippen molar-refractivity contribution in [2.45, 2.75) is 26.3 Å². The van der Waals surface area contributed by atoms with E-state index in [4.69, 9.17) is 22.1 Å². The quantitative estimate of drug-likeness (QED) is 0.505. The number of carbonyl (C=O) groups excluding carboxylic acids is 4. The molecule has 0 aliphatic carbocycles. The minimum absolute atomic E-state index is 0.174. The van der Waals surface area contributed by atoms with Gasteiger partial charge in [0, 0.05) is 10.6 Å². The van der Waals surface area contributed by atoms with Crippen LogP contribution in [0.25, 0.3) is 0 Å². The van der Waals surface area contributed by atoms with Gasteiger partial charge in [0.1, 0.15) is 11.0 Å². The Hall–Kier alpha value is -2.91. The van der Waals surface area contributed by atoms with Crippen molar-refractivity contribution in [3.8, 4) is 0 Å². The van der Waals surface area contributed by atoms with Crippen LogP contribution in [0.1, 0.15) is 41.0 Å². The van der Waals surface area contributed by atoms with Gasteiger partial charge < -0.3 is 21.1 Å². The maximum absolute atomic E-state index is 12.5. The minimum Gasteiger partial charge on any atom is -0.454 e. The van der Waals surface area contributed by atoms with E-state index in [2.05, 4.69) is 10.6 Å². The van der Waals surface area contributed by atoms with Crippen LogP contribution in [-0.4, -0.2) is 36.3 Å².